The maximum absolute atomic E-state index is 11.7. The second kappa shape index (κ2) is 6.22. The maximum Gasteiger partial charge on any atom is 0.324 e. The number of carbonyl (C=O) groups is 3. The van der Waals surface area contributed by atoms with Crippen molar-refractivity contribution in [1.29, 1.82) is 0 Å². The van der Waals surface area contributed by atoms with E-state index in [0.29, 0.717) is 6.54 Å². The molecule has 96 valence electrons. The van der Waals surface area contributed by atoms with E-state index < -0.39 is 17.9 Å². The molecule has 1 unspecified atom stereocenters. The summed E-state index contributed by atoms with van der Waals surface area (Å²) < 4.78 is 0. The number of nitrogens with zero attached hydrogens (tertiary/aromatic N) is 1. The first-order valence-corrected chi connectivity index (χ1v) is 5.86. The molecule has 0 saturated carbocycles. The zero-order valence-electron chi connectivity index (χ0n) is 9.94. The Morgan fingerprint density at radius 3 is 2.65 bits per heavy atom. The van der Waals surface area contributed by atoms with Crippen molar-refractivity contribution < 1.29 is 19.5 Å². The summed E-state index contributed by atoms with van der Waals surface area (Å²) in [5.41, 5.74) is 0. The molecular formula is C11H18N2O4. The number of carbonyl (C=O) groups excluding carboxylic acids is 2. The van der Waals surface area contributed by atoms with E-state index >= 15 is 0 Å². The minimum atomic E-state index is -1.04. The van der Waals surface area contributed by atoms with Crippen LogP contribution in [0, 0.1) is 0 Å². The van der Waals surface area contributed by atoms with Gasteiger partial charge in [-0.05, 0) is 19.3 Å². The van der Waals surface area contributed by atoms with Gasteiger partial charge in [0.2, 0.25) is 5.91 Å². The van der Waals surface area contributed by atoms with Crippen LogP contribution in [0.15, 0.2) is 0 Å². The summed E-state index contributed by atoms with van der Waals surface area (Å²) in [4.78, 5) is 34.9. The highest BCUT2D eigenvalue weighted by molar-refractivity contribution is 5.95. The Labute approximate surface area is 100.0 Å². The molecule has 17 heavy (non-hydrogen) atoms. The molecule has 1 saturated heterocycles. The van der Waals surface area contributed by atoms with Crippen molar-refractivity contribution in [3.63, 3.8) is 0 Å². The number of carboxylic acid groups (broad SMARTS) is 1. The maximum atomic E-state index is 11.7. The third-order valence-corrected chi connectivity index (χ3v) is 2.92. The fourth-order valence-electron chi connectivity index (χ4n) is 2.00. The monoisotopic (exact) mass is 242 g/mol. The van der Waals surface area contributed by atoms with Crippen LogP contribution in [0.25, 0.3) is 0 Å². The van der Waals surface area contributed by atoms with Crippen LogP contribution in [0.5, 0.6) is 0 Å². The number of amides is 3. The van der Waals surface area contributed by atoms with Crippen LogP contribution >= 0.6 is 0 Å². The summed E-state index contributed by atoms with van der Waals surface area (Å²) in [7, 11) is 0. The molecule has 0 aromatic rings. The molecule has 0 aromatic carbocycles. The highest BCUT2D eigenvalue weighted by Crippen LogP contribution is 2.19. The van der Waals surface area contributed by atoms with Crippen LogP contribution in [0.1, 0.15) is 39.0 Å². The first kappa shape index (κ1) is 13.5. The summed E-state index contributed by atoms with van der Waals surface area (Å²) in [6.45, 7) is 2.67. The Hall–Kier alpha value is -1.59. The van der Waals surface area contributed by atoms with Gasteiger partial charge >= 0.3 is 12.0 Å². The molecule has 6 nitrogen and oxygen atoms in total. The van der Waals surface area contributed by atoms with Crippen molar-refractivity contribution in [3.8, 4) is 0 Å². The SMILES string of the molecule is CCC1CCCN1C(=O)NC(=O)CCC(=O)O. The second-order valence-electron chi connectivity index (χ2n) is 4.14. The highest BCUT2D eigenvalue weighted by atomic mass is 16.4. The smallest absolute Gasteiger partial charge is 0.324 e. The van der Waals surface area contributed by atoms with Gasteiger partial charge in [0.1, 0.15) is 0 Å². The summed E-state index contributed by atoms with van der Waals surface area (Å²) >= 11 is 0. The Morgan fingerprint density at radius 1 is 1.35 bits per heavy atom. The van der Waals surface area contributed by atoms with E-state index in [0.717, 1.165) is 19.3 Å². The molecule has 1 aliphatic rings. The lowest BCUT2D eigenvalue weighted by Crippen LogP contribution is -2.45. The van der Waals surface area contributed by atoms with Crippen molar-refractivity contribution in [3.05, 3.63) is 0 Å². The molecule has 1 fully saturated rings. The van der Waals surface area contributed by atoms with Gasteiger partial charge in [0, 0.05) is 19.0 Å². The van der Waals surface area contributed by atoms with Gasteiger partial charge in [0.25, 0.3) is 0 Å². The van der Waals surface area contributed by atoms with E-state index in [9.17, 15) is 14.4 Å². The van der Waals surface area contributed by atoms with Crippen molar-refractivity contribution in [2.45, 2.75) is 45.1 Å². The number of hydrogen-bond acceptors (Lipinski definition) is 3. The molecule has 0 radical (unpaired) electrons. The first-order chi connectivity index (χ1) is 8.04. The lowest BCUT2D eigenvalue weighted by molar-refractivity contribution is -0.138. The molecule has 0 bridgehead atoms. The number of imide groups is 1. The van der Waals surface area contributed by atoms with Gasteiger partial charge in [0.05, 0.1) is 6.42 Å². The normalized spacial score (nSPS) is 19.1. The molecule has 0 spiro atoms. The average molecular weight is 242 g/mol. The highest BCUT2D eigenvalue weighted by Gasteiger charge is 2.28. The number of urea groups is 1. The van der Waals surface area contributed by atoms with Crippen LogP contribution in [-0.2, 0) is 9.59 Å². The van der Waals surface area contributed by atoms with Crippen molar-refractivity contribution in [2.75, 3.05) is 6.54 Å². The van der Waals surface area contributed by atoms with E-state index in [1.54, 1.807) is 4.90 Å². The first-order valence-electron chi connectivity index (χ1n) is 5.86. The van der Waals surface area contributed by atoms with E-state index in [1.807, 2.05) is 6.92 Å². The molecule has 6 heteroatoms. The van der Waals surface area contributed by atoms with Crippen molar-refractivity contribution >= 4 is 17.9 Å². The van der Waals surface area contributed by atoms with Crippen LogP contribution in [0.2, 0.25) is 0 Å². The zero-order chi connectivity index (χ0) is 12.8. The van der Waals surface area contributed by atoms with Gasteiger partial charge in [-0.2, -0.15) is 0 Å². The third-order valence-electron chi connectivity index (χ3n) is 2.92. The van der Waals surface area contributed by atoms with Crippen LogP contribution in [-0.4, -0.2) is 40.5 Å². The van der Waals surface area contributed by atoms with Gasteiger partial charge in [-0.1, -0.05) is 6.92 Å². The Bertz CT molecular complexity index is 317. The average Bonchev–Trinajstić information content (AvgIpc) is 2.74. The van der Waals surface area contributed by atoms with E-state index in [2.05, 4.69) is 5.32 Å². The van der Waals surface area contributed by atoms with Gasteiger partial charge in [-0.25, -0.2) is 4.79 Å². The van der Waals surface area contributed by atoms with E-state index in [-0.39, 0.29) is 18.9 Å². The second-order valence-corrected chi connectivity index (χ2v) is 4.14. The number of nitrogens with one attached hydrogen (secondary N) is 1. The lowest BCUT2D eigenvalue weighted by atomic mass is 10.2. The third kappa shape index (κ3) is 4.05. The minimum Gasteiger partial charge on any atom is -0.481 e. The van der Waals surface area contributed by atoms with Gasteiger partial charge in [-0.3, -0.25) is 14.9 Å². The molecule has 1 heterocycles. The Kier molecular flexibility index (Phi) is 4.93. The molecule has 1 rings (SSSR count). The fraction of sp³-hybridized carbons (Fsp3) is 0.727. The summed E-state index contributed by atoms with van der Waals surface area (Å²) in [6.07, 6.45) is 2.38. The van der Waals surface area contributed by atoms with Crippen LogP contribution < -0.4 is 5.32 Å². The summed E-state index contributed by atoms with van der Waals surface area (Å²) in [6, 6.07) is -0.202. The molecule has 0 aliphatic carbocycles. The van der Waals surface area contributed by atoms with E-state index in [1.165, 1.54) is 0 Å². The van der Waals surface area contributed by atoms with Crippen molar-refractivity contribution in [2.24, 2.45) is 0 Å². The summed E-state index contributed by atoms with van der Waals surface area (Å²) in [5, 5.41) is 10.6. The minimum absolute atomic E-state index is 0.161. The fourth-order valence-corrected chi connectivity index (χ4v) is 2.00. The molecule has 3 amide bonds. The Morgan fingerprint density at radius 2 is 2.06 bits per heavy atom. The summed E-state index contributed by atoms with van der Waals surface area (Å²) in [5.74, 6) is -1.57. The number of aliphatic carboxylic acids is 1. The van der Waals surface area contributed by atoms with Gasteiger partial charge < -0.3 is 10.0 Å². The quantitative estimate of drug-likeness (QED) is 0.768. The van der Waals surface area contributed by atoms with E-state index in [4.69, 9.17) is 5.11 Å². The zero-order valence-corrected chi connectivity index (χ0v) is 9.94. The van der Waals surface area contributed by atoms with Gasteiger partial charge in [-0.15, -0.1) is 0 Å². The lowest BCUT2D eigenvalue weighted by Gasteiger charge is -2.23. The number of carboxylic acids is 1. The van der Waals surface area contributed by atoms with Crippen molar-refractivity contribution in [1.82, 2.24) is 10.2 Å². The standard InChI is InChI=1S/C11H18N2O4/c1-2-8-4-3-7-13(8)11(17)12-9(14)5-6-10(15)16/h8H,2-7H2,1H3,(H,15,16)(H,12,14,17). The van der Waals surface area contributed by atoms with Gasteiger partial charge in [0.15, 0.2) is 0 Å². The molecule has 0 aromatic heterocycles. The largest absolute Gasteiger partial charge is 0.481 e. The predicted octanol–water partition coefficient (Wildman–Crippen LogP) is 0.962. The van der Waals surface area contributed by atoms with Crippen LogP contribution in [0.4, 0.5) is 4.79 Å². The molecule has 1 atom stereocenters. The Balaban J connectivity index is 2.38. The topological polar surface area (TPSA) is 86.7 Å². The number of likely N-dealkylation sites (tertiary alicyclic amines) is 1. The molecular weight excluding hydrogens is 224 g/mol. The predicted molar refractivity (Wildman–Crippen MR) is 60.4 cm³/mol. The molecule has 1 aliphatic heterocycles. The number of hydrogen-bond donors (Lipinski definition) is 2. The molecule has 2 N–H and O–H groups in total. The number of rotatable bonds is 4. The van der Waals surface area contributed by atoms with Crippen LogP contribution in [0.3, 0.4) is 0 Å².